The molecule has 0 saturated carbocycles. The summed E-state index contributed by atoms with van der Waals surface area (Å²) in [6, 6.07) is 13.6. The van der Waals surface area contributed by atoms with Gasteiger partial charge in [0.05, 0.1) is 12.1 Å². The Morgan fingerprint density at radius 1 is 1.10 bits per heavy atom. The Hall–Kier alpha value is -2.77. The molecule has 7 heteroatoms. The van der Waals surface area contributed by atoms with E-state index < -0.39 is 5.60 Å². The maximum absolute atomic E-state index is 12.3. The Morgan fingerprint density at radius 2 is 1.90 bits per heavy atom. The van der Waals surface area contributed by atoms with Gasteiger partial charge in [-0.15, -0.1) is 0 Å². The number of likely N-dealkylation sites (tertiary alicyclic amines) is 1. The third-order valence-electron chi connectivity index (χ3n) is 6.55. The number of ether oxygens (including phenoxy) is 3. The van der Waals surface area contributed by atoms with E-state index in [1.165, 1.54) is 0 Å². The monoisotopic (exact) mass is 424 g/mol. The Morgan fingerprint density at radius 3 is 2.71 bits per heavy atom. The first kappa shape index (κ1) is 20.2. The highest BCUT2D eigenvalue weighted by molar-refractivity contribution is 5.89. The van der Waals surface area contributed by atoms with Crippen LogP contribution in [-0.4, -0.2) is 55.2 Å². The van der Waals surface area contributed by atoms with E-state index in [0.717, 1.165) is 48.6 Å². The van der Waals surface area contributed by atoms with Crippen molar-refractivity contribution in [3.8, 4) is 11.5 Å². The van der Waals surface area contributed by atoms with Gasteiger partial charge in [0.1, 0.15) is 6.10 Å². The van der Waals surface area contributed by atoms with Crippen LogP contribution in [0.5, 0.6) is 11.5 Å². The van der Waals surface area contributed by atoms with Crippen molar-refractivity contribution in [1.29, 1.82) is 0 Å². The first-order valence-corrected chi connectivity index (χ1v) is 10.9. The minimum atomic E-state index is -0.848. The molecule has 1 N–H and O–H groups in total. The average Bonchev–Trinajstić information content (AvgIpc) is 3.39. The van der Waals surface area contributed by atoms with Gasteiger partial charge in [-0.25, -0.2) is 4.79 Å². The van der Waals surface area contributed by atoms with E-state index in [4.69, 9.17) is 14.2 Å². The van der Waals surface area contributed by atoms with E-state index in [2.05, 4.69) is 4.90 Å². The van der Waals surface area contributed by atoms with Gasteiger partial charge in [0.2, 0.25) is 6.79 Å². The molecule has 0 spiro atoms. The second-order valence-corrected chi connectivity index (χ2v) is 8.69. The minimum absolute atomic E-state index is 0.109. The van der Waals surface area contributed by atoms with Crippen molar-refractivity contribution in [2.24, 2.45) is 0 Å². The maximum atomic E-state index is 12.3. The smallest absolute Gasteiger partial charge is 0.414 e. The molecule has 164 valence electrons. The lowest BCUT2D eigenvalue weighted by Crippen LogP contribution is -2.43. The highest BCUT2D eigenvalue weighted by atomic mass is 16.7. The van der Waals surface area contributed by atoms with Gasteiger partial charge in [0.25, 0.3) is 0 Å². The lowest BCUT2D eigenvalue weighted by molar-refractivity contribution is -0.0276. The number of cyclic esters (lactones) is 1. The van der Waals surface area contributed by atoms with Crippen molar-refractivity contribution in [3.63, 3.8) is 0 Å². The van der Waals surface area contributed by atoms with Crippen molar-refractivity contribution in [2.75, 3.05) is 37.9 Å². The second kappa shape index (κ2) is 8.05. The van der Waals surface area contributed by atoms with Crippen LogP contribution < -0.4 is 14.4 Å². The predicted octanol–water partition coefficient (Wildman–Crippen LogP) is 3.42. The average molecular weight is 424 g/mol. The Bertz CT molecular complexity index is 970. The number of rotatable bonds is 5. The van der Waals surface area contributed by atoms with E-state index in [-0.39, 0.29) is 19.0 Å². The number of aryl methyl sites for hydroxylation is 1. The molecule has 3 aliphatic rings. The van der Waals surface area contributed by atoms with Crippen molar-refractivity contribution in [1.82, 2.24) is 4.90 Å². The summed E-state index contributed by atoms with van der Waals surface area (Å²) in [7, 11) is 0. The van der Waals surface area contributed by atoms with Gasteiger partial charge >= 0.3 is 6.09 Å². The van der Waals surface area contributed by atoms with Gasteiger partial charge in [-0.1, -0.05) is 18.2 Å². The fourth-order valence-corrected chi connectivity index (χ4v) is 4.63. The summed E-state index contributed by atoms with van der Waals surface area (Å²) >= 11 is 0. The Labute approximate surface area is 182 Å². The quantitative estimate of drug-likeness (QED) is 0.793. The van der Waals surface area contributed by atoms with E-state index in [9.17, 15) is 9.90 Å². The highest BCUT2D eigenvalue weighted by Gasteiger charge is 2.36. The van der Waals surface area contributed by atoms with Crippen LogP contribution in [0, 0.1) is 6.92 Å². The Kier molecular flexibility index (Phi) is 5.24. The minimum Gasteiger partial charge on any atom is -0.454 e. The fourth-order valence-electron chi connectivity index (χ4n) is 4.63. The molecule has 2 saturated heterocycles. The van der Waals surface area contributed by atoms with E-state index in [1.807, 2.05) is 49.4 Å². The van der Waals surface area contributed by atoms with Crippen LogP contribution in [0.2, 0.25) is 0 Å². The van der Waals surface area contributed by atoms with Crippen LogP contribution in [0.3, 0.4) is 0 Å². The summed E-state index contributed by atoms with van der Waals surface area (Å²) < 4.78 is 16.4. The first-order valence-electron chi connectivity index (χ1n) is 10.9. The molecule has 1 unspecified atom stereocenters. The lowest BCUT2D eigenvalue weighted by Gasteiger charge is -2.38. The number of nitrogens with zero attached hydrogens (tertiary/aromatic N) is 2. The van der Waals surface area contributed by atoms with Gasteiger partial charge in [-0.3, -0.25) is 4.90 Å². The van der Waals surface area contributed by atoms with Crippen LogP contribution in [0.25, 0.3) is 0 Å². The molecule has 0 aliphatic carbocycles. The number of carbonyl (C=O) groups excluding carboxylic acids is 1. The third-order valence-corrected chi connectivity index (χ3v) is 6.55. The zero-order chi connectivity index (χ0) is 21.4. The lowest BCUT2D eigenvalue weighted by atomic mass is 9.84. The van der Waals surface area contributed by atoms with E-state index in [0.29, 0.717) is 25.1 Å². The molecule has 2 aromatic carbocycles. The van der Waals surface area contributed by atoms with Crippen molar-refractivity contribution >= 4 is 11.8 Å². The fraction of sp³-hybridized carbons (Fsp3) is 0.458. The van der Waals surface area contributed by atoms with Crippen molar-refractivity contribution in [3.05, 3.63) is 53.6 Å². The highest BCUT2D eigenvalue weighted by Crippen LogP contribution is 2.39. The van der Waals surface area contributed by atoms with Gasteiger partial charge in [-0.2, -0.15) is 0 Å². The summed E-state index contributed by atoms with van der Waals surface area (Å²) in [4.78, 5) is 16.4. The van der Waals surface area contributed by atoms with Gasteiger partial charge < -0.3 is 24.2 Å². The van der Waals surface area contributed by atoms with Crippen LogP contribution in [-0.2, 0) is 10.3 Å². The SMILES string of the molecule is Cc1cccc(N2CC(CCN3CCC(O)(c4ccc5c(c4)OCO5)CC3)OC2=O)c1. The number of aliphatic hydroxyl groups is 1. The molecule has 1 amide bonds. The number of benzene rings is 2. The molecule has 5 rings (SSSR count). The van der Waals surface area contributed by atoms with Crippen molar-refractivity contribution in [2.45, 2.75) is 37.9 Å². The number of hydrogen-bond donors (Lipinski definition) is 1. The number of carbonyl (C=O) groups is 1. The summed E-state index contributed by atoms with van der Waals surface area (Å²) in [5.41, 5.74) is 2.05. The van der Waals surface area contributed by atoms with E-state index in [1.54, 1.807) is 4.90 Å². The number of anilines is 1. The molecule has 0 bridgehead atoms. The summed E-state index contributed by atoms with van der Waals surface area (Å²) in [6.07, 6.45) is 1.73. The summed E-state index contributed by atoms with van der Waals surface area (Å²) in [5, 5.41) is 11.2. The van der Waals surface area contributed by atoms with Crippen LogP contribution in [0.1, 0.15) is 30.4 Å². The molecule has 0 aromatic heterocycles. The number of piperidine rings is 1. The van der Waals surface area contributed by atoms with Crippen LogP contribution in [0.15, 0.2) is 42.5 Å². The maximum Gasteiger partial charge on any atom is 0.414 e. The zero-order valence-corrected chi connectivity index (χ0v) is 17.8. The standard InChI is InChI=1S/C24H28N2O5/c1-17-3-2-4-19(13-17)26-15-20(31-23(26)27)7-10-25-11-8-24(28,9-12-25)18-5-6-21-22(14-18)30-16-29-21/h2-6,13-14,20,28H,7-12,15-16H2,1H3. The first-order chi connectivity index (χ1) is 15.0. The number of hydrogen-bond acceptors (Lipinski definition) is 6. The summed E-state index contributed by atoms with van der Waals surface area (Å²) in [6.45, 7) is 5.27. The number of amides is 1. The largest absolute Gasteiger partial charge is 0.454 e. The van der Waals surface area contributed by atoms with Gasteiger partial charge in [0.15, 0.2) is 11.5 Å². The van der Waals surface area contributed by atoms with Crippen LogP contribution >= 0.6 is 0 Å². The van der Waals surface area contributed by atoms with Crippen LogP contribution in [0.4, 0.5) is 10.5 Å². The molecule has 2 fully saturated rings. The topological polar surface area (TPSA) is 71.5 Å². The van der Waals surface area contributed by atoms with Crippen molar-refractivity contribution < 1.29 is 24.1 Å². The third kappa shape index (κ3) is 4.07. The molecule has 31 heavy (non-hydrogen) atoms. The van der Waals surface area contributed by atoms with Gasteiger partial charge in [-0.05, 0) is 61.6 Å². The molecule has 1 atom stereocenters. The molecule has 0 radical (unpaired) electrons. The molecular formula is C24H28N2O5. The normalized spacial score (nSPS) is 22.6. The zero-order valence-electron chi connectivity index (χ0n) is 17.8. The summed E-state index contributed by atoms with van der Waals surface area (Å²) in [5.74, 6) is 1.44. The molecule has 2 aromatic rings. The van der Waals surface area contributed by atoms with Gasteiger partial charge in [0, 0.05) is 25.3 Å². The molecule has 3 aliphatic heterocycles. The van der Waals surface area contributed by atoms with E-state index >= 15 is 0 Å². The molecule has 7 nitrogen and oxygen atoms in total. The second-order valence-electron chi connectivity index (χ2n) is 8.69. The predicted molar refractivity (Wildman–Crippen MR) is 116 cm³/mol. The Balaban J connectivity index is 1.13. The number of fused-ring (bicyclic) bond motifs is 1. The molecule has 3 heterocycles. The molecular weight excluding hydrogens is 396 g/mol.